The van der Waals surface area contributed by atoms with Crippen molar-refractivity contribution in [2.75, 3.05) is 25.6 Å². The van der Waals surface area contributed by atoms with Crippen molar-refractivity contribution in [1.82, 2.24) is 5.32 Å². The SMILES string of the molecule is C[C@H](CO)NC(=O)C=Cc1ccc(N(C)C)cc1. The molecule has 0 heterocycles. The zero-order chi connectivity index (χ0) is 13.5. The lowest BCUT2D eigenvalue weighted by Crippen LogP contribution is -2.33. The molecule has 1 rings (SSSR count). The van der Waals surface area contributed by atoms with Gasteiger partial charge < -0.3 is 15.3 Å². The van der Waals surface area contributed by atoms with Crippen molar-refractivity contribution in [1.29, 1.82) is 0 Å². The minimum Gasteiger partial charge on any atom is -0.394 e. The van der Waals surface area contributed by atoms with E-state index in [-0.39, 0.29) is 18.6 Å². The second-order valence-corrected chi connectivity index (χ2v) is 4.41. The average molecular weight is 248 g/mol. The fourth-order valence-corrected chi connectivity index (χ4v) is 1.39. The Morgan fingerprint density at radius 1 is 1.39 bits per heavy atom. The van der Waals surface area contributed by atoms with Crippen LogP contribution in [0.25, 0.3) is 6.08 Å². The molecule has 0 bridgehead atoms. The van der Waals surface area contributed by atoms with Crippen LogP contribution in [-0.4, -0.2) is 37.8 Å². The van der Waals surface area contributed by atoms with Crippen molar-refractivity contribution in [3.8, 4) is 0 Å². The van der Waals surface area contributed by atoms with Crippen LogP contribution in [0.3, 0.4) is 0 Å². The summed E-state index contributed by atoms with van der Waals surface area (Å²) in [6, 6.07) is 7.67. The van der Waals surface area contributed by atoms with Gasteiger partial charge >= 0.3 is 0 Å². The van der Waals surface area contributed by atoms with Crippen molar-refractivity contribution in [3.05, 3.63) is 35.9 Å². The maximum Gasteiger partial charge on any atom is 0.244 e. The second kappa shape index (κ2) is 6.81. The molecule has 4 heteroatoms. The Kier molecular flexibility index (Phi) is 5.39. The number of amides is 1. The largest absolute Gasteiger partial charge is 0.394 e. The quantitative estimate of drug-likeness (QED) is 0.771. The van der Waals surface area contributed by atoms with Crippen LogP contribution in [0.1, 0.15) is 12.5 Å². The summed E-state index contributed by atoms with van der Waals surface area (Å²) in [7, 11) is 3.96. The number of benzene rings is 1. The van der Waals surface area contributed by atoms with E-state index in [1.54, 1.807) is 13.0 Å². The van der Waals surface area contributed by atoms with Gasteiger partial charge in [0.25, 0.3) is 0 Å². The summed E-state index contributed by atoms with van der Waals surface area (Å²) >= 11 is 0. The Labute approximate surface area is 108 Å². The number of rotatable bonds is 5. The number of carbonyl (C=O) groups is 1. The summed E-state index contributed by atoms with van der Waals surface area (Å²) in [4.78, 5) is 13.5. The van der Waals surface area contributed by atoms with Crippen LogP contribution in [0.15, 0.2) is 30.3 Å². The molecule has 0 aliphatic heterocycles. The number of hydrogen-bond donors (Lipinski definition) is 2. The van der Waals surface area contributed by atoms with Gasteiger partial charge in [-0.2, -0.15) is 0 Å². The molecule has 1 atom stereocenters. The van der Waals surface area contributed by atoms with Crippen molar-refractivity contribution in [2.24, 2.45) is 0 Å². The number of nitrogens with zero attached hydrogens (tertiary/aromatic N) is 1. The monoisotopic (exact) mass is 248 g/mol. The number of anilines is 1. The van der Waals surface area contributed by atoms with Gasteiger partial charge in [-0.05, 0) is 30.7 Å². The number of carbonyl (C=O) groups excluding carboxylic acids is 1. The fraction of sp³-hybridized carbons (Fsp3) is 0.357. The second-order valence-electron chi connectivity index (χ2n) is 4.41. The number of aliphatic hydroxyl groups is 1. The maximum atomic E-state index is 11.4. The van der Waals surface area contributed by atoms with E-state index in [2.05, 4.69) is 5.32 Å². The molecule has 0 spiro atoms. The van der Waals surface area contributed by atoms with Crippen LogP contribution in [0.2, 0.25) is 0 Å². The van der Waals surface area contributed by atoms with Gasteiger partial charge in [-0.15, -0.1) is 0 Å². The Hall–Kier alpha value is -1.81. The highest BCUT2D eigenvalue weighted by atomic mass is 16.3. The molecule has 0 aliphatic rings. The maximum absolute atomic E-state index is 11.4. The molecule has 98 valence electrons. The molecular weight excluding hydrogens is 228 g/mol. The van der Waals surface area contributed by atoms with Gasteiger partial charge in [-0.3, -0.25) is 4.79 Å². The standard InChI is InChI=1S/C14H20N2O2/c1-11(10-17)15-14(18)9-6-12-4-7-13(8-5-12)16(2)3/h4-9,11,17H,10H2,1-3H3,(H,15,18)/t11-/m1/s1. The lowest BCUT2D eigenvalue weighted by Gasteiger charge is -2.11. The molecule has 0 fully saturated rings. The highest BCUT2D eigenvalue weighted by Gasteiger charge is 2.01. The first-order chi connectivity index (χ1) is 8.52. The van der Waals surface area contributed by atoms with Crippen molar-refractivity contribution >= 4 is 17.7 Å². The van der Waals surface area contributed by atoms with Gasteiger partial charge in [0, 0.05) is 31.9 Å². The average Bonchev–Trinajstić information content (AvgIpc) is 2.36. The first-order valence-corrected chi connectivity index (χ1v) is 5.89. The summed E-state index contributed by atoms with van der Waals surface area (Å²) in [6.45, 7) is 1.69. The molecule has 0 saturated heterocycles. The van der Waals surface area contributed by atoms with Crippen molar-refractivity contribution < 1.29 is 9.90 Å². The molecule has 18 heavy (non-hydrogen) atoms. The van der Waals surface area contributed by atoms with E-state index < -0.39 is 0 Å². The molecule has 0 aliphatic carbocycles. The molecule has 1 aromatic carbocycles. The Morgan fingerprint density at radius 3 is 2.50 bits per heavy atom. The van der Waals surface area contributed by atoms with E-state index >= 15 is 0 Å². The van der Waals surface area contributed by atoms with Crippen LogP contribution in [0.5, 0.6) is 0 Å². The van der Waals surface area contributed by atoms with E-state index in [4.69, 9.17) is 5.11 Å². The Balaban J connectivity index is 2.59. The molecule has 0 radical (unpaired) electrons. The van der Waals surface area contributed by atoms with Gasteiger partial charge in [0.15, 0.2) is 0 Å². The van der Waals surface area contributed by atoms with Crippen LogP contribution in [-0.2, 0) is 4.79 Å². The smallest absolute Gasteiger partial charge is 0.244 e. The topological polar surface area (TPSA) is 52.6 Å². The minimum absolute atomic E-state index is 0.0584. The van der Waals surface area contributed by atoms with Gasteiger partial charge in [0.2, 0.25) is 5.91 Å². The Morgan fingerprint density at radius 2 is 2.00 bits per heavy atom. The van der Waals surface area contributed by atoms with Gasteiger partial charge in [0.05, 0.1) is 6.61 Å². The third-order valence-electron chi connectivity index (χ3n) is 2.50. The molecule has 2 N–H and O–H groups in total. The molecule has 1 amide bonds. The molecule has 1 aromatic rings. The summed E-state index contributed by atoms with van der Waals surface area (Å²) in [5.74, 6) is -0.201. The summed E-state index contributed by atoms with van der Waals surface area (Å²) in [5.41, 5.74) is 2.08. The molecule has 4 nitrogen and oxygen atoms in total. The highest BCUT2D eigenvalue weighted by molar-refractivity contribution is 5.91. The van der Waals surface area contributed by atoms with E-state index in [1.807, 2.05) is 43.3 Å². The van der Waals surface area contributed by atoms with E-state index in [0.29, 0.717) is 0 Å². The summed E-state index contributed by atoms with van der Waals surface area (Å²) in [6.07, 6.45) is 3.22. The van der Waals surface area contributed by atoms with Crippen LogP contribution < -0.4 is 10.2 Å². The molecular formula is C14H20N2O2. The van der Waals surface area contributed by atoms with Crippen LogP contribution >= 0.6 is 0 Å². The predicted octanol–water partition coefficient (Wildman–Crippen LogP) is 1.26. The van der Waals surface area contributed by atoms with E-state index in [1.165, 1.54) is 6.08 Å². The van der Waals surface area contributed by atoms with Crippen LogP contribution in [0.4, 0.5) is 5.69 Å². The number of hydrogen-bond acceptors (Lipinski definition) is 3. The first kappa shape index (κ1) is 14.3. The lowest BCUT2D eigenvalue weighted by molar-refractivity contribution is -0.117. The zero-order valence-corrected chi connectivity index (χ0v) is 11.1. The number of nitrogens with one attached hydrogen (secondary N) is 1. The van der Waals surface area contributed by atoms with Crippen molar-refractivity contribution in [3.63, 3.8) is 0 Å². The van der Waals surface area contributed by atoms with E-state index in [9.17, 15) is 4.79 Å². The summed E-state index contributed by atoms with van der Waals surface area (Å²) < 4.78 is 0. The zero-order valence-electron chi connectivity index (χ0n) is 11.1. The summed E-state index contributed by atoms with van der Waals surface area (Å²) in [5, 5.41) is 11.5. The third kappa shape index (κ3) is 4.59. The van der Waals surface area contributed by atoms with Gasteiger partial charge in [-0.1, -0.05) is 12.1 Å². The molecule has 0 aromatic heterocycles. The van der Waals surface area contributed by atoms with Gasteiger partial charge in [0.1, 0.15) is 0 Å². The lowest BCUT2D eigenvalue weighted by atomic mass is 10.2. The Bertz CT molecular complexity index is 410. The third-order valence-corrected chi connectivity index (χ3v) is 2.50. The van der Waals surface area contributed by atoms with Crippen LogP contribution in [0, 0.1) is 0 Å². The molecule has 0 saturated carbocycles. The van der Waals surface area contributed by atoms with Crippen molar-refractivity contribution in [2.45, 2.75) is 13.0 Å². The minimum atomic E-state index is -0.224. The van der Waals surface area contributed by atoms with E-state index in [0.717, 1.165) is 11.3 Å². The van der Waals surface area contributed by atoms with Gasteiger partial charge in [-0.25, -0.2) is 0 Å². The number of aliphatic hydroxyl groups excluding tert-OH is 1. The first-order valence-electron chi connectivity index (χ1n) is 5.89. The highest BCUT2D eigenvalue weighted by Crippen LogP contribution is 2.12. The molecule has 0 unspecified atom stereocenters. The predicted molar refractivity (Wildman–Crippen MR) is 74.5 cm³/mol. The normalized spacial score (nSPS) is 12.4. The fourth-order valence-electron chi connectivity index (χ4n) is 1.39.